The van der Waals surface area contributed by atoms with E-state index in [2.05, 4.69) is 5.32 Å². The number of aryl methyl sites for hydroxylation is 2. The van der Waals surface area contributed by atoms with E-state index in [1.54, 1.807) is 43.3 Å². The molecule has 1 heterocycles. The zero-order chi connectivity index (χ0) is 26.8. The molecule has 0 fully saturated rings. The minimum atomic E-state index is -0.848. The topological polar surface area (TPSA) is 92.2 Å². The Morgan fingerprint density at radius 2 is 1.76 bits per heavy atom. The van der Waals surface area contributed by atoms with E-state index >= 15 is 0 Å². The number of nitrogens with zero attached hydrogens (tertiary/aromatic N) is 2. The van der Waals surface area contributed by atoms with Crippen LogP contribution in [0.4, 0.5) is 8.78 Å². The third kappa shape index (κ3) is 5.39. The second kappa shape index (κ2) is 10.7. The number of amides is 1. The average Bonchev–Trinajstić information content (AvgIpc) is 3.29. The lowest BCUT2D eigenvalue weighted by atomic mass is 10.0. The first-order valence-corrected chi connectivity index (χ1v) is 12.7. The standard InChI is InChI=1S/C30H27F2N3O3/c1-17(30(37)38)3-2-4-26-28(18-5-9-21(31)10-6-18)34-25-14-8-20(16-27(25)33-26)29(36)35-24-13-7-19-15-22(32)11-12-23(19)24/h5-6,8-12,14-17,24H,2-4,7,13H2,1H3,(H,35,36)(H,37,38)/t17?,24-/m1/s1. The van der Waals surface area contributed by atoms with Crippen LogP contribution in [0.15, 0.2) is 60.7 Å². The van der Waals surface area contributed by atoms with Gasteiger partial charge in [0.15, 0.2) is 0 Å². The molecule has 0 saturated heterocycles. The number of carboxylic acids is 1. The molecule has 6 nitrogen and oxygen atoms in total. The smallest absolute Gasteiger partial charge is 0.306 e. The summed E-state index contributed by atoms with van der Waals surface area (Å²) in [7, 11) is 0. The van der Waals surface area contributed by atoms with Crippen LogP contribution in [0.1, 0.15) is 59.4 Å². The van der Waals surface area contributed by atoms with Gasteiger partial charge in [-0.15, -0.1) is 0 Å². The number of nitrogens with one attached hydrogen (secondary N) is 1. The second-order valence-electron chi connectivity index (χ2n) is 9.77. The number of hydrogen-bond donors (Lipinski definition) is 2. The Balaban J connectivity index is 1.43. The first kappa shape index (κ1) is 25.4. The monoisotopic (exact) mass is 515 g/mol. The van der Waals surface area contributed by atoms with E-state index in [9.17, 15) is 23.5 Å². The number of halogens is 2. The highest BCUT2D eigenvalue weighted by molar-refractivity contribution is 5.97. The van der Waals surface area contributed by atoms with Crippen molar-refractivity contribution in [3.8, 4) is 11.3 Å². The molecule has 1 aliphatic carbocycles. The van der Waals surface area contributed by atoms with Crippen molar-refractivity contribution in [3.05, 3.63) is 94.7 Å². The van der Waals surface area contributed by atoms with Crippen molar-refractivity contribution in [3.63, 3.8) is 0 Å². The van der Waals surface area contributed by atoms with Crippen LogP contribution < -0.4 is 5.32 Å². The molecule has 4 aromatic rings. The molecule has 0 spiro atoms. The van der Waals surface area contributed by atoms with Crippen LogP contribution in [0.25, 0.3) is 22.3 Å². The van der Waals surface area contributed by atoms with E-state index in [-0.39, 0.29) is 23.6 Å². The fraction of sp³-hybridized carbons (Fsp3) is 0.267. The molecule has 5 rings (SSSR count). The molecule has 38 heavy (non-hydrogen) atoms. The van der Waals surface area contributed by atoms with Crippen molar-refractivity contribution < 1.29 is 23.5 Å². The maximum Gasteiger partial charge on any atom is 0.306 e. The molecule has 0 saturated carbocycles. The van der Waals surface area contributed by atoms with Crippen LogP contribution in [0.2, 0.25) is 0 Å². The lowest BCUT2D eigenvalue weighted by Crippen LogP contribution is -2.27. The molecule has 0 aliphatic heterocycles. The molecule has 2 N–H and O–H groups in total. The zero-order valence-electron chi connectivity index (χ0n) is 20.9. The summed E-state index contributed by atoms with van der Waals surface area (Å²) in [4.78, 5) is 33.9. The molecule has 1 aliphatic rings. The van der Waals surface area contributed by atoms with Gasteiger partial charge in [-0.2, -0.15) is 0 Å². The van der Waals surface area contributed by atoms with Crippen molar-refractivity contribution in [1.82, 2.24) is 15.3 Å². The lowest BCUT2D eigenvalue weighted by molar-refractivity contribution is -0.141. The van der Waals surface area contributed by atoms with Gasteiger partial charge in [0.2, 0.25) is 0 Å². The Morgan fingerprint density at radius 1 is 1.00 bits per heavy atom. The number of carbonyl (C=O) groups excluding carboxylic acids is 1. The molecule has 8 heteroatoms. The lowest BCUT2D eigenvalue weighted by Gasteiger charge is -2.15. The summed E-state index contributed by atoms with van der Waals surface area (Å²) in [5.74, 6) is -2.22. The van der Waals surface area contributed by atoms with E-state index in [1.165, 1.54) is 24.3 Å². The third-order valence-electron chi connectivity index (χ3n) is 7.08. The number of hydrogen-bond acceptors (Lipinski definition) is 4. The van der Waals surface area contributed by atoms with Gasteiger partial charge < -0.3 is 10.4 Å². The van der Waals surface area contributed by atoms with Crippen molar-refractivity contribution >= 4 is 22.9 Å². The largest absolute Gasteiger partial charge is 0.481 e. The van der Waals surface area contributed by atoms with Gasteiger partial charge in [-0.05, 0) is 97.8 Å². The minimum Gasteiger partial charge on any atom is -0.481 e. The van der Waals surface area contributed by atoms with Gasteiger partial charge >= 0.3 is 5.97 Å². The van der Waals surface area contributed by atoms with Crippen LogP contribution >= 0.6 is 0 Å². The maximum atomic E-state index is 13.6. The van der Waals surface area contributed by atoms with Gasteiger partial charge in [0.25, 0.3) is 5.91 Å². The number of rotatable bonds is 8. The summed E-state index contributed by atoms with van der Waals surface area (Å²) < 4.78 is 27.1. The van der Waals surface area contributed by atoms with E-state index < -0.39 is 11.9 Å². The van der Waals surface area contributed by atoms with Crippen LogP contribution in [0.3, 0.4) is 0 Å². The molecule has 1 unspecified atom stereocenters. The van der Waals surface area contributed by atoms with Gasteiger partial charge in [0.1, 0.15) is 11.6 Å². The van der Waals surface area contributed by atoms with Crippen LogP contribution in [-0.2, 0) is 17.6 Å². The van der Waals surface area contributed by atoms with E-state index in [0.717, 1.165) is 11.1 Å². The second-order valence-corrected chi connectivity index (χ2v) is 9.77. The fourth-order valence-corrected chi connectivity index (χ4v) is 4.92. The Kier molecular flexibility index (Phi) is 7.13. The van der Waals surface area contributed by atoms with Gasteiger partial charge in [-0.1, -0.05) is 13.0 Å². The summed E-state index contributed by atoms with van der Waals surface area (Å²) >= 11 is 0. The van der Waals surface area contributed by atoms with E-state index in [4.69, 9.17) is 9.97 Å². The molecule has 2 atom stereocenters. The number of carboxylic acid groups (broad SMARTS) is 1. The first-order valence-electron chi connectivity index (χ1n) is 12.7. The molecule has 1 aromatic heterocycles. The molecule has 3 aromatic carbocycles. The average molecular weight is 516 g/mol. The van der Waals surface area contributed by atoms with E-state index in [0.29, 0.717) is 65.7 Å². The number of benzene rings is 3. The summed E-state index contributed by atoms with van der Waals surface area (Å²) in [6.45, 7) is 1.67. The summed E-state index contributed by atoms with van der Waals surface area (Å²) in [6.07, 6.45) is 2.96. The molecular formula is C30H27F2N3O3. The molecule has 0 bridgehead atoms. The Bertz CT molecular complexity index is 1520. The highest BCUT2D eigenvalue weighted by Gasteiger charge is 2.25. The molecule has 1 amide bonds. The summed E-state index contributed by atoms with van der Waals surface area (Å²) in [5, 5.41) is 12.3. The highest BCUT2D eigenvalue weighted by Crippen LogP contribution is 2.32. The zero-order valence-corrected chi connectivity index (χ0v) is 20.9. The number of aromatic nitrogens is 2. The van der Waals surface area contributed by atoms with Gasteiger partial charge in [0, 0.05) is 11.1 Å². The molecular weight excluding hydrogens is 488 g/mol. The van der Waals surface area contributed by atoms with E-state index in [1.807, 2.05) is 0 Å². The van der Waals surface area contributed by atoms with Crippen LogP contribution in [-0.4, -0.2) is 27.0 Å². The van der Waals surface area contributed by atoms with Crippen LogP contribution in [0, 0.1) is 17.6 Å². The van der Waals surface area contributed by atoms with Gasteiger partial charge in [-0.25, -0.2) is 18.7 Å². The normalized spacial score (nSPS) is 15.3. The number of carbonyl (C=O) groups is 2. The Labute approximate surface area is 218 Å². The SMILES string of the molecule is CC(CCCc1nc2cc(C(=O)N[C@@H]3CCc4cc(F)ccc43)ccc2nc1-c1ccc(F)cc1)C(=O)O. The third-order valence-corrected chi connectivity index (χ3v) is 7.08. The highest BCUT2D eigenvalue weighted by atomic mass is 19.1. The summed E-state index contributed by atoms with van der Waals surface area (Å²) in [5.41, 5.74) is 5.38. The molecule has 0 radical (unpaired) electrons. The summed E-state index contributed by atoms with van der Waals surface area (Å²) in [6, 6.07) is 15.6. The predicted octanol–water partition coefficient (Wildman–Crippen LogP) is 6.04. The fourth-order valence-electron chi connectivity index (χ4n) is 4.92. The maximum absolute atomic E-state index is 13.6. The first-order chi connectivity index (χ1) is 18.3. The van der Waals surface area contributed by atoms with Gasteiger partial charge in [0.05, 0.1) is 34.4 Å². The Hall–Kier alpha value is -4.20. The minimum absolute atomic E-state index is 0.187. The van der Waals surface area contributed by atoms with Gasteiger partial charge in [-0.3, -0.25) is 9.59 Å². The van der Waals surface area contributed by atoms with Crippen molar-refractivity contribution in [2.24, 2.45) is 5.92 Å². The quantitative estimate of drug-likeness (QED) is 0.299. The number of fused-ring (bicyclic) bond motifs is 2. The van der Waals surface area contributed by atoms with Crippen molar-refractivity contribution in [1.29, 1.82) is 0 Å². The number of aliphatic carboxylic acids is 1. The molecule has 194 valence electrons. The predicted molar refractivity (Wildman–Crippen MR) is 140 cm³/mol. The Morgan fingerprint density at radius 3 is 2.53 bits per heavy atom. The van der Waals surface area contributed by atoms with Crippen molar-refractivity contribution in [2.45, 2.75) is 45.1 Å². The van der Waals surface area contributed by atoms with Crippen molar-refractivity contribution in [2.75, 3.05) is 0 Å². The van der Waals surface area contributed by atoms with Crippen LogP contribution in [0.5, 0.6) is 0 Å².